The smallest absolute Gasteiger partial charge is 0.220 e. The Morgan fingerprint density at radius 3 is 2.71 bits per heavy atom. The minimum Gasteiger partial charge on any atom is -0.353 e. The van der Waals surface area contributed by atoms with Crippen molar-refractivity contribution in [3.8, 4) is 0 Å². The van der Waals surface area contributed by atoms with Gasteiger partial charge in [-0.15, -0.1) is 0 Å². The molecule has 1 amide bonds. The van der Waals surface area contributed by atoms with E-state index in [0.29, 0.717) is 18.4 Å². The second kappa shape index (κ2) is 6.02. The number of carbonyl (C=O) groups excluding carboxylic acids is 1. The molecule has 0 aromatic rings. The van der Waals surface area contributed by atoms with Crippen LogP contribution in [0.4, 0.5) is 0 Å². The lowest BCUT2D eigenvalue weighted by atomic mass is 10.0. The Morgan fingerprint density at radius 1 is 1.50 bits per heavy atom. The first-order valence-corrected chi connectivity index (χ1v) is 5.72. The monoisotopic (exact) mass is 198 g/mol. The summed E-state index contributed by atoms with van der Waals surface area (Å²) in [5, 5.41) is 6.39. The van der Waals surface area contributed by atoms with E-state index in [1.54, 1.807) is 0 Å². The van der Waals surface area contributed by atoms with Crippen molar-refractivity contribution in [2.45, 2.75) is 45.6 Å². The summed E-state index contributed by atoms with van der Waals surface area (Å²) in [5.74, 6) is 0.739. The Labute approximate surface area is 86.6 Å². The molecule has 1 aliphatic heterocycles. The van der Waals surface area contributed by atoms with Gasteiger partial charge < -0.3 is 10.6 Å². The Morgan fingerprint density at radius 2 is 2.14 bits per heavy atom. The number of piperidine rings is 1. The van der Waals surface area contributed by atoms with Crippen molar-refractivity contribution < 1.29 is 4.79 Å². The molecule has 1 saturated heterocycles. The van der Waals surface area contributed by atoms with Crippen LogP contribution in [0, 0.1) is 5.92 Å². The van der Waals surface area contributed by atoms with Crippen molar-refractivity contribution in [3.63, 3.8) is 0 Å². The number of hydrogen-bond acceptors (Lipinski definition) is 2. The number of hydrogen-bond donors (Lipinski definition) is 2. The summed E-state index contributed by atoms with van der Waals surface area (Å²) in [6.45, 7) is 6.33. The van der Waals surface area contributed by atoms with Gasteiger partial charge in [0.25, 0.3) is 0 Å². The Kier molecular flexibility index (Phi) is 4.94. The van der Waals surface area contributed by atoms with Gasteiger partial charge in [-0.25, -0.2) is 0 Å². The molecule has 1 aliphatic rings. The van der Waals surface area contributed by atoms with E-state index < -0.39 is 0 Å². The lowest BCUT2D eigenvalue weighted by Gasteiger charge is -2.24. The van der Waals surface area contributed by atoms with Crippen molar-refractivity contribution in [1.29, 1.82) is 0 Å². The second-order valence-electron chi connectivity index (χ2n) is 4.31. The molecule has 1 fully saturated rings. The summed E-state index contributed by atoms with van der Waals surface area (Å²) in [5.41, 5.74) is 0. The molecule has 1 rings (SSSR count). The highest BCUT2D eigenvalue weighted by molar-refractivity contribution is 5.76. The van der Waals surface area contributed by atoms with Gasteiger partial charge in [-0.1, -0.05) is 20.3 Å². The van der Waals surface area contributed by atoms with Gasteiger partial charge in [0.05, 0.1) is 0 Å². The quantitative estimate of drug-likeness (QED) is 0.714. The first-order valence-electron chi connectivity index (χ1n) is 5.72. The fourth-order valence-corrected chi connectivity index (χ4v) is 1.71. The third-order valence-corrected chi connectivity index (χ3v) is 2.94. The van der Waals surface area contributed by atoms with Gasteiger partial charge in [0.15, 0.2) is 0 Å². The van der Waals surface area contributed by atoms with Gasteiger partial charge in [0.2, 0.25) is 5.91 Å². The molecule has 0 bridgehead atoms. The first kappa shape index (κ1) is 11.5. The fourth-order valence-electron chi connectivity index (χ4n) is 1.71. The van der Waals surface area contributed by atoms with Gasteiger partial charge >= 0.3 is 0 Å². The Balaban J connectivity index is 2.18. The summed E-state index contributed by atoms with van der Waals surface area (Å²) in [4.78, 5) is 11.5. The molecular formula is C11H22N2O. The minimum atomic E-state index is 0.228. The largest absolute Gasteiger partial charge is 0.353 e. The SMILES string of the molecule is CCC(C)CC(=O)NC1CCNCC1. The summed E-state index contributed by atoms with van der Waals surface area (Å²) in [7, 11) is 0. The Bertz CT molecular complexity index is 176. The number of amides is 1. The van der Waals surface area contributed by atoms with Gasteiger partial charge in [-0.3, -0.25) is 4.79 Å². The highest BCUT2D eigenvalue weighted by Crippen LogP contribution is 2.08. The summed E-state index contributed by atoms with van der Waals surface area (Å²) in [6.07, 6.45) is 3.92. The summed E-state index contributed by atoms with van der Waals surface area (Å²) >= 11 is 0. The number of nitrogens with one attached hydrogen (secondary N) is 2. The molecule has 1 heterocycles. The third kappa shape index (κ3) is 4.09. The van der Waals surface area contributed by atoms with Crippen LogP contribution in [0.15, 0.2) is 0 Å². The molecule has 14 heavy (non-hydrogen) atoms. The van der Waals surface area contributed by atoms with E-state index in [-0.39, 0.29) is 5.91 Å². The van der Waals surface area contributed by atoms with E-state index in [1.807, 2.05) is 0 Å². The molecule has 0 saturated carbocycles. The van der Waals surface area contributed by atoms with E-state index in [1.165, 1.54) is 0 Å². The predicted octanol–water partition coefficient (Wildman–Crippen LogP) is 1.29. The molecule has 1 unspecified atom stereocenters. The molecule has 3 heteroatoms. The zero-order valence-corrected chi connectivity index (χ0v) is 9.31. The van der Waals surface area contributed by atoms with Crippen LogP contribution in [0.3, 0.4) is 0 Å². The molecular weight excluding hydrogens is 176 g/mol. The zero-order valence-electron chi connectivity index (χ0n) is 9.31. The average molecular weight is 198 g/mol. The molecule has 0 aromatic carbocycles. The maximum absolute atomic E-state index is 11.5. The van der Waals surface area contributed by atoms with E-state index in [9.17, 15) is 4.79 Å². The maximum atomic E-state index is 11.5. The first-order chi connectivity index (χ1) is 6.72. The topological polar surface area (TPSA) is 41.1 Å². The highest BCUT2D eigenvalue weighted by Gasteiger charge is 2.16. The lowest BCUT2D eigenvalue weighted by Crippen LogP contribution is -2.43. The molecule has 0 aromatic heterocycles. The number of carbonyl (C=O) groups is 1. The van der Waals surface area contributed by atoms with Crippen LogP contribution in [-0.2, 0) is 4.79 Å². The van der Waals surface area contributed by atoms with E-state index >= 15 is 0 Å². The van der Waals surface area contributed by atoms with Crippen LogP contribution in [0.5, 0.6) is 0 Å². The fraction of sp³-hybridized carbons (Fsp3) is 0.909. The van der Waals surface area contributed by atoms with Gasteiger partial charge in [0.1, 0.15) is 0 Å². The molecule has 3 nitrogen and oxygen atoms in total. The zero-order chi connectivity index (χ0) is 10.4. The van der Waals surface area contributed by atoms with Crippen molar-refractivity contribution in [1.82, 2.24) is 10.6 Å². The van der Waals surface area contributed by atoms with Crippen LogP contribution in [0.1, 0.15) is 39.5 Å². The van der Waals surface area contributed by atoms with Gasteiger partial charge in [-0.05, 0) is 31.8 Å². The van der Waals surface area contributed by atoms with Crippen LogP contribution >= 0.6 is 0 Å². The number of rotatable bonds is 4. The standard InChI is InChI=1S/C11H22N2O/c1-3-9(2)8-11(14)13-10-4-6-12-7-5-10/h9-10,12H,3-8H2,1-2H3,(H,13,14). The van der Waals surface area contributed by atoms with Gasteiger partial charge in [0, 0.05) is 12.5 Å². The van der Waals surface area contributed by atoms with E-state index in [2.05, 4.69) is 24.5 Å². The Hall–Kier alpha value is -0.570. The van der Waals surface area contributed by atoms with E-state index in [0.717, 1.165) is 32.4 Å². The van der Waals surface area contributed by atoms with E-state index in [4.69, 9.17) is 0 Å². The van der Waals surface area contributed by atoms with Gasteiger partial charge in [-0.2, -0.15) is 0 Å². The van der Waals surface area contributed by atoms with Crippen LogP contribution in [0.25, 0.3) is 0 Å². The lowest BCUT2D eigenvalue weighted by molar-refractivity contribution is -0.122. The van der Waals surface area contributed by atoms with Crippen LogP contribution in [0.2, 0.25) is 0 Å². The molecule has 2 N–H and O–H groups in total. The second-order valence-corrected chi connectivity index (χ2v) is 4.31. The summed E-state index contributed by atoms with van der Waals surface area (Å²) in [6, 6.07) is 0.410. The maximum Gasteiger partial charge on any atom is 0.220 e. The van der Waals surface area contributed by atoms with Crippen molar-refractivity contribution in [3.05, 3.63) is 0 Å². The molecule has 0 spiro atoms. The molecule has 0 radical (unpaired) electrons. The minimum absolute atomic E-state index is 0.228. The molecule has 82 valence electrons. The third-order valence-electron chi connectivity index (χ3n) is 2.94. The normalized spacial score (nSPS) is 20.4. The van der Waals surface area contributed by atoms with Crippen molar-refractivity contribution in [2.24, 2.45) is 5.92 Å². The van der Waals surface area contributed by atoms with Crippen molar-refractivity contribution >= 4 is 5.91 Å². The highest BCUT2D eigenvalue weighted by atomic mass is 16.1. The molecule has 1 atom stereocenters. The molecule has 0 aliphatic carbocycles. The van der Waals surface area contributed by atoms with Crippen LogP contribution < -0.4 is 10.6 Å². The summed E-state index contributed by atoms with van der Waals surface area (Å²) < 4.78 is 0. The van der Waals surface area contributed by atoms with Crippen LogP contribution in [-0.4, -0.2) is 25.0 Å². The predicted molar refractivity (Wildman–Crippen MR) is 58.1 cm³/mol. The van der Waals surface area contributed by atoms with Crippen molar-refractivity contribution in [2.75, 3.05) is 13.1 Å². The average Bonchev–Trinajstić information content (AvgIpc) is 2.19.